The van der Waals surface area contributed by atoms with Crippen molar-refractivity contribution in [1.29, 1.82) is 0 Å². The number of hydrogen-bond acceptors (Lipinski definition) is 4. The van der Waals surface area contributed by atoms with Gasteiger partial charge in [-0.15, -0.1) is 0 Å². The number of hydrogen-bond donors (Lipinski definition) is 1. The summed E-state index contributed by atoms with van der Waals surface area (Å²) in [6.45, 7) is 2.48. The maximum atomic E-state index is 11.9. The zero-order valence-corrected chi connectivity index (χ0v) is 12.6. The van der Waals surface area contributed by atoms with E-state index in [1.807, 2.05) is 18.2 Å². The second-order valence-corrected chi connectivity index (χ2v) is 5.89. The van der Waals surface area contributed by atoms with Crippen molar-refractivity contribution < 1.29 is 14.3 Å². The van der Waals surface area contributed by atoms with E-state index in [1.54, 1.807) is 14.2 Å². The number of ether oxygens (including phenoxy) is 2. The lowest BCUT2D eigenvalue weighted by Gasteiger charge is -2.38. The monoisotopic (exact) mass is 290 g/mol. The number of nitrogens with one attached hydrogen (secondary N) is 1. The second-order valence-electron chi connectivity index (χ2n) is 5.89. The summed E-state index contributed by atoms with van der Waals surface area (Å²) in [6, 6.07) is 6.35. The van der Waals surface area contributed by atoms with E-state index in [1.165, 1.54) is 0 Å². The quantitative estimate of drug-likeness (QED) is 0.861. The molecular weight excluding hydrogens is 268 g/mol. The van der Waals surface area contributed by atoms with Crippen LogP contribution in [0, 0.1) is 5.92 Å². The molecular formula is C16H22N2O3. The number of carbonyl (C=O) groups excluding carboxylic acids is 1. The number of nitrogens with zero attached hydrogens (tertiary/aromatic N) is 1. The first-order chi connectivity index (χ1) is 10.2. The van der Waals surface area contributed by atoms with Gasteiger partial charge in [-0.3, -0.25) is 9.69 Å². The van der Waals surface area contributed by atoms with E-state index in [2.05, 4.69) is 10.2 Å². The molecule has 0 bridgehead atoms. The smallest absolute Gasteiger partial charge is 0.225 e. The van der Waals surface area contributed by atoms with Gasteiger partial charge >= 0.3 is 0 Å². The fourth-order valence-corrected chi connectivity index (χ4v) is 2.63. The molecule has 1 N–H and O–H groups in total. The van der Waals surface area contributed by atoms with Gasteiger partial charge in [-0.25, -0.2) is 0 Å². The van der Waals surface area contributed by atoms with Crippen molar-refractivity contribution in [3.8, 4) is 11.5 Å². The Bertz CT molecular complexity index is 500. The average Bonchev–Trinajstić information content (AvgIpc) is 3.25. The molecule has 5 nitrogen and oxygen atoms in total. The fraction of sp³-hybridized carbons (Fsp3) is 0.562. The van der Waals surface area contributed by atoms with Crippen LogP contribution in [0.3, 0.4) is 0 Å². The van der Waals surface area contributed by atoms with Gasteiger partial charge in [0.1, 0.15) is 11.5 Å². The van der Waals surface area contributed by atoms with Gasteiger partial charge in [0.05, 0.1) is 20.1 Å². The summed E-state index contributed by atoms with van der Waals surface area (Å²) in [6.07, 6.45) is 2.29. The van der Waals surface area contributed by atoms with Crippen molar-refractivity contribution in [2.45, 2.75) is 25.4 Å². The molecule has 1 aromatic rings. The highest BCUT2D eigenvalue weighted by Gasteiger charge is 2.35. The lowest BCUT2D eigenvalue weighted by molar-refractivity contribution is -0.130. The van der Waals surface area contributed by atoms with Crippen LogP contribution in [0.5, 0.6) is 11.5 Å². The van der Waals surface area contributed by atoms with Crippen molar-refractivity contribution in [2.75, 3.05) is 27.3 Å². The third-order valence-electron chi connectivity index (χ3n) is 4.07. The molecule has 0 radical (unpaired) electrons. The molecule has 1 aromatic carbocycles. The minimum atomic E-state index is 0.151. The standard InChI is InChI=1S/C16H22N2O3/c1-20-14-5-11(6-15(7-14)21-2)8-18-9-12(10-18)16(19)17-13-3-4-13/h5-7,12-13H,3-4,8-10H2,1-2H3,(H,17,19). The maximum Gasteiger partial charge on any atom is 0.225 e. The van der Waals surface area contributed by atoms with Crippen LogP contribution >= 0.6 is 0 Å². The van der Waals surface area contributed by atoms with Gasteiger partial charge in [0.15, 0.2) is 0 Å². The Morgan fingerprint density at radius 1 is 1.19 bits per heavy atom. The van der Waals surface area contributed by atoms with Crippen LogP contribution in [0.15, 0.2) is 18.2 Å². The molecule has 1 saturated heterocycles. The maximum absolute atomic E-state index is 11.9. The molecule has 1 saturated carbocycles. The number of carbonyl (C=O) groups is 1. The van der Waals surface area contributed by atoms with Gasteiger partial charge < -0.3 is 14.8 Å². The summed E-state index contributed by atoms with van der Waals surface area (Å²) >= 11 is 0. The second kappa shape index (κ2) is 5.93. The number of methoxy groups -OCH3 is 2. The first-order valence-electron chi connectivity index (χ1n) is 7.42. The van der Waals surface area contributed by atoms with Gasteiger partial charge in [0.2, 0.25) is 5.91 Å². The topological polar surface area (TPSA) is 50.8 Å². The molecule has 1 heterocycles. The van der Waals surface area contributed by atoms with Gasteiger partial charge in [0.25, 0.3) is 0 Å². The Morgan fingerprint density at radius 2 is 1.81 bits per heavy atom. The van der Waals surface area contributed by atoms with Gasteiger partial charge in [-0.05, 0) is 30.5 Å². The van der Waals surface area contributed by atoms with Crippen molar-refractivity contribution >= 4 is 5.91 Å². The minimum absolute atomic E-state index is 0.151. The van der Waals surface area contributed by atoms with E-state index in [4.69, 9.17) is 9.47 Å². The summed E-state index contributed by atoms with van der Waals surface area (Å²) in [5.41, 5.74) is 1.15. The third kappa shape index (κ3) is 3.47. The largest absolute Gasteiger partial charge is 0.497 e. The molecule has 114 valence electrons. The first-order valence-corrected chi connectivity index (χ1v) is 7.42. The van der Waals surface area contributed by atoms with Crippen LogP contribution < -0.4 is 14.8 Å². The summed E-state index contributed by atoms with van der Waals surface area (Å²) in [5.74, 6) is 1.97. The Kier molecular flexibility index (Phi) is 4.01. The zero-order chi connectivity index (χ0) is 14.8. The van der Waals surface area contributed by atoms with E-state index in [0.29, 0.717) is 6.04 Å². The van der Waals surface area contributed by atoms with Crippen LogP contribution in [-0.4, -0.2) is 44.2 Å². The molecule has 0 unspecified atom stereocenters. The molecule has 2 fully saturated rings. The molecule has 0 aromatic heterocycles. The van der Waals surface area contributed by atoms with Gasteiger partial charge in [0, 0.05) is 31.7 Å². The number of benzene rings is 1. The predicted molar refractivity (Wildman–Crippen MR) is 79.5 cm³/mol. The highest BCUT2D eigenvalue weighted by Crippen LogP contribution is 2.26. The van der Waals surface area contributed by atoms with Crippen molar-refractivity contribution in [3.05, 3.63) is 23.8 Å². The van der Waals surface area contributed by atoms with E-state index in [9.17, 15) is 4.79 Å². The summed E-state index contributed by atoms with van der Waals surface area (Å²) < 4.78 is 10.6. The van der Waals surface area contributed by atoms with Crippen LogP contribution in [0.2, 0.25) is 0 Å². The van der Waals surface area contributed by atoms with Crippen LogP contribution in [0.1, 0.15) is 18.4 Å². The first kappa shape index (κ1) is 14.2. The minimum Gasteiger partial charge on any atom is -0.497 e. The molecule has 1 aliphatic heterocycles. The molecule has 0 spiro atoms. The van der Waals surface area contributed by atoms with Crippen LogP contribution in [0.25, 0.3) is 0 Å². The molecule has 21 heavy (non-hydrogen) atoms. The fourth-order valence-electron chi connectivity index (χ4n) is 2.63. The predicted octanol–water partition coefficient (Wildman–Crippen LogP) is 1.41. The van der Waals surface area contributed by atoms with E-state index >= 15 is 0 Å². The van der Waals surface area contributed by atoms with Gasteiger partial charge in [-0.2, -0.15) is 0 Å². The van der Waals surface area contributed by atoms with E-state index in [0.717, 1.165) is 49.5 Å². The Hall–Kier alpha value is -1.75. The highest BCUT2D eigenvalue weighted by molar-refractivity contribution is 5.80. The number of likely N-dealkylation sites (tertiary alicyclic amines) is 1. The molecule has 2 aliphatic rings. The molecule has 1 aliphatic carbocycles. The van der Waals surface area contributed by atoms with Gasteiger partial charge in [-0.1, -0.05) is 0 Å². The van der Waals surface area contributed by atoms with Crippen LogP contribution in [0.4, 0.5) is 0 Å². The molecule has 1 amide bonds. The molecule has 3 rings (SSSR count). The van der Waals surface area contributed by atoms with E-state index in [-0.39, 0.29) is 11.8 Å². The Morgan fingerprint density at radius 3 is 2.33 bits per heavy atom. The normalized spacial score (nSPS) is 19.0. The summed E-state index contributed by atoms with van der Waals surface area (Å²) in [5, 5.41) is 3.07. The number of rotatable bonds is 6. The van der Waals surface area contributed by atoms with Crippen molar-refractivity contribution in [2.24, 2.45) is 5.92 Å². The Labute approximate surface area is 125 Å². The number of amides is 1. The van der Waals surface area contributed by atoms with E-state index < -0.39 is 0 Å². The third-order valence-corrected chi connectivity index (χ3v) is 4.07. The Balaban J connectivity index is 1.52. The zero-order valence-electron chi connectivity index (χ0n) is 12.6. The average molecular weight is 290 g/mol. The highest BCUT2D eigenvalue weighted by atomic mass is 16.5. The lowest BCUT2D eigenvalue weighted by atomic mass is 9.98. The summed E-state index contributed by atoms with van der Waals surface area (Å²) in [7, 11) is 3.31. The lowest BCUT2D eigenvalue weighted by Crippen LogP contribution is -2.53. The molecule has 5 heteroatoms. The van der Waals surface area contributed by atoms with Crippen molar-refractivity contribution in [1.82, 2.24) is 10.2 Å². The molecule has 0 atom stereocenters. The van der Waals surface area contributed by atoms with Crippen molar-refractivity contribution in [3.63, 3.8) is 0 Å². The SMILES string of the molecule is COc1cc(CN2CC(C(=O)NC3CC3)C2)cc(OC)c1. The van der Waals surface area contributed by atoms with Crippen LogP contribution in [-0.2, 0) is 11.3 Å². The summed E-state index contributed by atoms with van der Waals surface area (Å²) in [4.78, 5) is 14.2.